The molecule has 0 amide bonds. The SMILES string of the molecule is CCCCc1ccc(Nc2ncnc(NC3CCCC3)c2N)cc1. The van der Waals surface area contributed by atoms with Gasteiger partial charge in [-0.05, 0) is 43.4 Å². The lowest BCUT2D eigenvalue weighted by molar-refractivity contribution is 0.750. The second-order valence-corrected chi connectivity index (χ2v) is 6.54. The van der Waals surface area contributed by atoms with E-state index >= 15 is 0 Å². The minimum Gasteiger partial charge on any atom is -0.393 e. The van der Waals surface area contributed by atoms with E-state index in [1.807, 2.05) is 0 Å². The normalized spacial score (nSPS) is 14.7. The number of hydrogen-bond acceptors (Lipinski definition) is 5. The molecule has 1 aliphatic carbocycles. The number of nitrogens with one attached hydrogen (secondary N) is 2. The summed E-state index contributed by atoms with van der Waals surface area (Å²) in [6.45, 7) is 2.21. The third kappa shape index (κ3) is 4.16. The molecule has 1 fully saturated rings. The molecule has 1 heterocycles. The summed E-state index contributed by atoms with van der Waals surface area (Å²) in [6, 6.07) is 8.96. The van der Waals surface area contributed by atoms with Gasteiger partial charge < -0.3 is 16.4 Å². The zero-order valence-electron chi connectivity index (χ0n) is 14.4. The van der Waals surface area contributed by atoms with Crippen molar-refractivity contribution < 1.29 is 0 Å². The summed E-state index contributed by atoms with van der Waals surface area (Å²) in [6.07, 6.45) is 10.1. The van der Waals surface area contributed by atoms with Gasteiger partial charge in [0.05, 0.1) is 0 Å². The zero-order chi connectivity index (χ0) is 16.8. The molecule has 1 aromatic carbocycles. The summed E-state index contributed by atoms with van der Waals surface area (Å²) >= 11 is 0. The van der Waals surface area contributed by atoms with Crippen molar-refractivity contribution in [2.75, 3.05) is 16.4 Å². The van der Waals surface area contributed by atoms with E-state index < -0.39 is 0 Å². The van der Waals surface area contributed by atoms with Crippen molar-refractivity contribution in [3.63, 3.8) is 0 Å². The van der Waals surface area contributed by atoms with Gasteiger partial charge in [0.1, 0.15) is 12.0 Å². The monoisotopic (exact) mass is 325 g/mol. The summed E-state index contributed by atoms with van der Waals surface area (Å²) in [7, 11) is 0. The Morgan fingerprint density at radius 3 is 2.50 bits per heavy atom. The van der Waals surface area contributed by atoms with Crippen molar-refractivity contribution in [1.82, 2.24) is 9.97 Å². The lowest BCUT2D eigenvalue weighted by Crippen LogP contribution is -2.17. The van der Waals surface area contributed by atoms with Crippen LogP contribution in [0.1, 0.15) is 51.0 Å². The number of rotatable bonds is 7. The highest BCUT2D eigenvalue weighted by molar-refractivity contribution is 5.77. The summed E-state index contributed by atoms with van der Waals surface area (Å²) < 4.78 is 0. The van der Waals surface area contributed by atoms with Gasteiger partial charge in [-0.25, -0.2) is 9.97 Å². The zero-order valence-corrected chi connectivity index (χ0v) is 14.4. The van der Waals surface area contributed by atoms with E-state index in [1.165, 1.54) is 44.1 Å². The first kappa shape index (κ1) is 16.6. The molecule has 0 atom stereocenters. The molecule has 0 unspecified atom stereocenters. The smallest absolute Gasteiger partial charge is 0.159 e. The maximum absolute atomic E-state index is 6.25. The van der Waals surface area contributed by atoms with Gasteiger partial charge >= 0.3 is 0 Å². The number of aryl methyl sites for hydroxylation is 1. The van der Waals surface area contributed by atoms with Crippen molar-refractivity contribution in [2.24, 2.45) is 0 Å². The minimum absolute atomic E-state index is 0.480. The lowest BCUT2D eigenvalue weighted by atomic mass is 10.1. The van der Waals surface area contributed by atoms with E-state index in [-0.39, 0.29) is 0 Å². The van der Waals surface area contributed by atoms with Crippen LogP contribution in [0.5, 0.6) is 0 Å². The fraction of sp³-hybridized carbons (Fsp3) is 0.474. The second-order valence-electron chi connectivity index (χ2n) is 6.54. The van der Waals surface area contributed by atoms with Crippen molar-refractivity contribution in [2.45, 2.75) is 57.9 Å². The van der Waals surface area contributed by atoms with Gasteiger partial charge in [-0.15, -0.1) is 0 Å². The van der Waals surface area contributed by atoms with Crippen LogP contribution in [0.15, 0.2) is 30.6 Å². The molecule has 24 heavy (non-hydrogen) atoms. The number of nitrogen functional groups attached to an aromatic ring is 1. The lowest BCUT2D eigenvalue weighted by Gasteiger charge is -2.16. The van der Waals surface area contributed by atoms with Crippen molar-refractivity contribution in [3.8, 4) is 0 Å². The highest BCUT2D eigenvalue weighted by Gasteiger charge is 2.17. The molecule has 5 nitrogen and oxygen atoms in total. The molecule has 0 bridgehead atoms. The molecule has 2 aromatic rings. The third-order valence-electron chi connectivity index (χ3n) is 4.62. The first-order valence-electron chi connectivity index (χ1n) is 8.99. The van der Waals surface area contributed by atoms with Crippen LogP contribution in [-0.2, 0) is 6.42 Å². The predicted octanol–water partition coefficient (Wildman–Crippen LogP) is 4.50. The highest BCUT2D eigenvalue weighted by Crippen LogP contribution is 2.29. The van der Waals surface area contributed by atoms with Crippen LogP contribution >= 0.6 is 0 Å². The fourth-order valence-corrected chi connectivity index (χ4v) is 3.15. The molecular formula is C19H27N5. The Kier molecular flexibility index (Phi) is 5.51. The molecule has 0 radical (unpaired) electrons. The van der Waals surface area contributed by atoms with Gasteiger partial charge in [0.25, 0.3) is 0 Å². The molecule has 4 N–H and O–H groups in total. The summed E-state index contributed by atoms with van der Waals surface area (Å²) in [5.41, 5.74) is 9.19. The average molecular weight is 325 g/mol. The molecule has 1 saturated carbocycles. The molecular weight excluding hydrogens is 298 g/mol. The fourth-order valence-electron chi connectivity index (χ4n) is 3.15. The average Bonchev–Trinajstić information content (AvgIpc) is 3.11. The summed E-state index contributed by atoms with van der Waals surface area (Å²) in [5, 5.41) is 6.76. The quantitative estimate of drug-likeness (QED) is 0.699. The number of benzene rings is 1. The Bertz CT molecular complexity index is 647. The van der Waals surface area contributed by atoms with E-state index in [0.717, 1.165) is 17.9 Å². The summed E-state index contributed by atoms with van der Waals surface area (Å²) in [4.78, 5) is 8.60. The van der Waals surface area contributed by atoms with E-state index in [4.69, 9.17) is 5.73 Å². The van der Waals surface area contributed by atoms with Gasteiger partial charge in [-0.3, -0.25) is 0 Å². The number of nitrogens with zero attached hydrogens (tertiary/aromatic N) is 2. The van der Waals surface area contributed by atoms with Gasteiger partial charge in [0, 0.05) is 11.7 Å². The standard InChI is InChI=1S/C19H27N5/c1-2-3-6-14-9-11-16(12-10-14)24-19-17(20)18(21-13-22-19)23-15-7-4-5-8-15/h9-13,15H,2-8,20H2,1H3,(H2,21,22,23,24). The molecule has 1 aromatic heterocycles. The maximum Gasteiger partial charge on any atom is 0.159 e. The first-order valence-corrected chi connectivity index (χ1v) is 8.99. The Morgan fingerprint density at radius 2 is 1.79 bits per heavy atom. The second kappa shape index (κ2) is 7.99. The number of hydrogen-bond donors (Lipinski definition) is 3. The Labute approximate surface area is 144 Å². The third-order valence-corrected chi connectivity index (χ3v) is 4.62. The maximum atomic E-state index is 6.25. The largest absolute Gasteiger partial charge is 0.393 e. The van der Waals surface area contributed by atoms with E-state index in [1.54, 1.807) is 6.33 Å². The Balaban J connectivity index is 1.68. The van der Waals surface area contributed by atoms with Crippen LogP contribution in [0.2, 0.25) is 0 Å². The van der Waals surface area contributed by atoms with Gasteiger partial charge in [-0.2, -0.15) is 0 Å². The van der Waals surface area contributed by atoms with E-state index in [0.29, 0.717) is 17.5 Å². The molecule has 0 saturated heterocycles. The van der Waals surface area contributed by atoms with Gasteiger partial charge in [0.15, 0.2) is 11.6 Å². The molecule has 3 rings (SSSR count). The topological polar surface area (TPSA) is 75.9 Å². The predicted molar refractivity (Wildman–Crippen MR) is 101 cm³/mol. The van der Waals surface area contributed by atoms with Crippen LogP contribution in [0.4, 0.5) is 23.0 Å². The minimum atomic E-state index is 0.480. The van der Waals surface area contributed by atoms with E-state index in [9.17, 15) is 0 Å². The first-order chi connectivity index (χ1) is 11.8. The Morgan fingerprint density at radius 1 is 1.08 bits per heavy atom. The van der Waals surface area contributed by atoms with Crippen LogP contribution in [-0.4, -0.2) is 16.0 Å². The van der Waals surface area contributed by atoms with E-state index in [2.05, 4.69) is 51.8 Å². The number of anilines is 4. The van der Waals surface area contributed by atoms with Crippen LogP contribution < -0.4 is 16.4 Å². The van der Waals surface area contributed by atoms with Gasteiger partial charge in [0.2, 0.25) is 0 Å². The van der Waals surface area contributed by atoms with Crippen LogP contribution in [0, 0.1) is 0 Å². The number of aromatic nitrogens is 2. The van der Waals surface area contributed by atoms with Crippen molar-refractivity contribution in [1.29, 1.82) is 0 Å². The van der Waals surface area contributed by atoms with Crippen LogP contribution in [0.3, 0.4) is 0 Å². The molecule has 0 aliphatic heterocycles. The Hall–Kier alpha value is -2.30. The highest BCUT2D eigenvalue weighted by atomic mass is 15.1. The molecule has 1 aliphatic rings. The molecule has 0 spiro atoms. The number of unbranched alkanes of at least 4 members (excludes halogenated alkanes) is 1. The van der Waals surface area contributed by atoms with Crippen LogP contribution in [0.25, 0.3) is 0 Å². The number of nitrogens with two attached hydrogens (primary N) is 1. The summed E-state index contributed by atoms with van der Waals surface area (Å²) in [5.74, 6) is 1.39. The van der Waals surface area contributed by atoms with Gasteiger partial charge in [-0.1, -0.05) is 38.3 Å². The van der Waals surface area contributed by atoms with Crippen molar-refractivity contribution in [3.05, 3.63) is 36.2 Å². The molecule has 5 heteroatoms. The molecule has 128 valence electrons. The van der Waals surface area contributed by atoms with Crippen molar-refractivity contribution >= 4 is 23.0 Å².